The fourth-order valence-electron chi connectivity index (χ4n) is 2.05. The van der Waals surface area contributed by atoms with E-state index in [2.05, 4.69) is 4.72 Å². The van der Waals surface area contributed by atoms with Crippen LogP contribution in [0.15, 0.2) is 50.5 Å². The van der Waals surface area contributed by atoms with Crippen LogP contribution in [0.4, 0.5) is 10.1 Å². The number of nitrogens with zero attached hydrogens (tertiary/aromatic N) is 1. The number of hydrogen-bond acceptors (Lipinski definition) is 4. The molecule has 3 aromatic rings. The van der Waals surface area contributed by atoms with E-state index in [1.807, 2.05) is 0 Å². The Morgan fingerprint density at radius 3 is 2.65 bits per heavy atom. The minimum atomic E-state index is -3.99. The number of benzene rings is 2. The third kappa shape index (κ3) is 2.82. The number of anilines is 1. The molecule has 0 bridgehead atoms. The summed E-state index contributed by atoms with van der Waals surface area (Å²) in [6.45, 7) is 0. The van der Waals surface area contributed by atoms with Crippen molar-refractivity contribution < 1.29 is 17.2 Å². The van der Waals surface area contributed by atoms with Gasteiger partial charge in [-0.3, -0.25) is 9.29 Å². The maximum atomic E-state index is 13.4. The molecule has 0 fully saturated rings. The minimum absolute atomic E-state index is 0.168. The van der Waals surface area contributed by atoms with Gasteiger partial charge < -0.3 is 4.42 Å². The predicted octanol–water partition coefficient (Wildman–Crippen LogP) is 2.72. The molecule has 0 saturated heterocycles. The van der Waals surface area contributed by atoms with Gasteiger partial charge in [0.2, 0.25) is 0 Å². The van der Waals surface area contributed by atoms with Gasteiger partial charge in [0.1, 0.15) is 5.82 Å². The summed E-state index contributed by atoms with van der Waals surface area (Å²) in [4.78, 5) is 11.2. The number of halogens is 2. The Bertz CT molecular complexity index is 1070. The molecule has 0 aliphatic carbocycles. The van der Waals surface area contributed by atoms with Gasteiger partial charge in [-0.25, -0.2) is 17.6 Å². The van der Waals surface area contributed by atoms with Crippen molar-refractivity contribution in [1.82, 2.24) is 4.57 Å². The van der Waals surface area contributed by atoms with Crippen molar-refractivity contribution in [3.8, 4) is 0 Å². The van der Waals surface area contributed by atoms with Gasteiger partial charge in [-0.15, -0.1) is 0 Å². The van der Waals surface area contributed by atoms with Crippen LogP contribution in [-0.2, 0) is 17.1 Å². The first-order valence-electron chi connectivity index (χ1n) is 6.35. The van der Waals surface area contributed by atoms with E-state index in [0.29, 0.717) is 11.1 Å². The van der Waals surface area contributed by atoms with Gasteiger partial charge in [0, 0.05) is 7.05 Å². The topological polar surface area (TPSA) is 81.3 Å². The van der Waals surface area contributed by atoms with E-state index in [4.69, 9.17) is 16.0 Å². The van der Waals surface area contributed by atoms with E-state index >= 15 is 0 Å². The van der Waals surface area contributed by atoms with Crippen LogP contribution in [0.1, 0.15) is 0 Å². The lowest BCUT2D eigenvalue weighted by Gasteiger charge is -2.08. The first-order chi connectivity index (χ1) is 10.8. The summed E-state index contributed by atoms with van der Waals surface area (Å²) in [5.41, 5.74) is 0.972. The zero-order valence-corrected chi connectivity index (χ0v) is 13.3. The molecule has 6 nitrogen and oxygen atoms in total. The fourth-order valence-corrected chi connectivity index (χ4v) is 3.23. The summed E-state index contributed by atoms with van der Waals surface area (Å²) in [7, 11) is -2.49. The highest BCUT2D eigenvalue weighted by Crippen LogP contribution is 2.23. The largest absolute Gasteiger partial charge is 0.419 e. The Balaban J connectivity index is 2.01. The van der Waals surface area contributed by atoms with Gasteiger partial charge >= 0.3 is 5.76 Å². The first-order valence-corrected chi connectivity index (χ1v) is 8.21. The average molecular weight is 357 g/mol. The molecule has 9 heteroatoms. The summed E-state index contributed by atoms with van der Waals surface area (Å²) >= 11 is 5.54. The number of sulfonamides is 1. The maximum Gasteiger partial charge on any atom is 0.419 e. The van der Waals surface area contributed by atoms with Crippen molar-refractivity contribution in [2.24, 2.45) is 7.05 Å². The molecule has 1 N–H and O–H groups in total. The summed E-state index contributed by atoms with van der Waals surface area (Å²) in [6, 6.07) is 7.54. The predicted molar refractivity (Wildman–Crippen MR) is 83.7 cm³/mol. The molecule has 0 aliphatic rings. The molecule has 0 radical (unpaired) electrons. The Kier molecular flexibility index (Phi) is 3.65. The number of hydrogen-bond donors (Lipinski definition) is 1. The SMILES string of the molecule is Cn1c(=O)oc2ccc(NS(=O)(=O)c3ccc(Cl)c(F)c3)cc21. The summed E-state index contributed by atoms with van der Waals surface area (Å²) in [6.07, 6.45) is 0. The molecule has 2 aromatic carbocycles. The molecule has 0 spiro atoms. The van der Waals surface area contributed by atoms with Crippen LogP contribution in [0.2, 0.25) is 5.02 Å². The van der Waals surface area contributed by atoms with Crippen LogP contribution in [0, 0.1) is 5.82 Å². The van der Waals surface area contributed by atoms with E-state index in [9.17, 15) is 17.6 Å². The van der Waals surface area contributed by atoms with Gasteiger partial charge in [0.15, 0.2) is 5.58 Å². The summed E-state index contributed by atoms with van der Waals surface area (Å²) in [5, 5.41) is -0.168. The van der Waals surface area contributed by atoms with E-state index in [1.54, 1.807) is 0 Å². The molecule has 3 rings (SSSR count). The van der Waals surface area contributed by atoms with Crippen LogP contribution in [-0.4, -0.2) is 13.0 Å². The van der Waals surface area contributed by atoms with Crippen LogP contribution in [0.5, 0.6) is 0 Å². The van der Waals surface area contributed by atoms with Crippen molar-refractivity contribution >= 4 is 38.4 Å². The molecule has 1 heterocycles. The summed E-state index contributed by atoms with van der Waals surface area (Å²) in [5.74, 6) is -1.39. The standard InChI is InChI=1S/C14H10ClFN2O4S/c1-18-12-6-8(2-5-13(12)22-14(18)19)17-23(20,21)9-3-4-10(15)11(16)7-9/h2-7,17H,1H3. The Morgan fingerprint density at radius 2 is 1.96 bits per heavy atom. The lowest BCUT2D eigenvalue weighted by atomic mass is 10.3. The monoisotopic (exact) mass is 356 g/mol. The minimum Gasteiger partial charge on any atom is -0.408 e. The number of fused-ring (bicyclic) bond motifs is 1. The van der Waals surface area contributed by atoms with Gasteiger partial charge in [0.25, 0.3) is 10.0 Å². The Morgan fingerprint density at radius 1 is 1.22 bits per heavy atom. The number of nitrogens with one attached hydrogen (secondary N) is 1. The third-order valence-corrected chi connectivity index (χ3v) is 4.93. The Hall–Kier alpha value is -2.32. The van der Waals surface area contributed by atoms with Crippen LogP contribution in [0.3, 0.4) is 0 Å². The van der Waals surface area contributed by atoms with Gasteiger partial charge in [-0.05, 0) is 36.4 Å². The van der Waals surface area contributed by atoms with Crippen LogP contribution >= 0.6 is 11.6 Å². The highest BCUT2D eigenvalue weighted by atomic mass is 35.5. The van der Waals surface area contributed by atoms with E-state index < -0.39 is 21.6 Å². The van der Waals surface area contributed by atoms with E-state index in [0.717, 1.165) is 12.1 Å². The van der Waals surface area contributed by atoms with E-state index in [1.165, 1.54) is 35.9 Å². The first kappa shape index (κ1) is 15.6. The highest BCUT2D eigenvalue weighted by Gasteiger charge is 2.17. The smallest absolute Gasteiger partial charge is 0.408 e. The lowest BCUT2D eigenvalue weighted by molar-refractivity contribution is 0.528. The van der Waals surface area contributed by atoms with Crippen LogP contribution in [0.25, 0.3) is 11.1 Å². The number of oxazole rings is 1. The zero-order chi connectivity index (χ0) is 16.8. The fraction of sp³-hybridized carbons (Fsp3) is 0.0714. The van der Waals surface area contributed by atoms with E-state index in [-0.39, 0.29) is 15.6 Å². The zero-order valence-electron chi connectivity index (χ0n) is 11.7. The Labute approximate surface area is 135 Å². The molecular weight excluding hydrogens is 347 g/mol. The molecule has 0 unspecified atom stereocenters. The van der Waals surface area contributed by atoms with Crippen LogP contribution < -0.4 is 10.5 Å². The molecule has 0 atom stereocenters. The van der Waals surface area contributed by atoms with Crippen molar-refractivity contribution in [3.05, 3.63) is 57.8 Å². The number of aromatic nitrogens is 1. The number of rotatable bonds is 3. The molecular formula is C14H10ClFN2O4S. The van der Waals surface area contributed by atoms with Crippen molar-refractivity contribution in [3.63, 3.8) is 0 Å². The van der Waals surface area contributed by atoms with Gasteiger partial charge in [-0.1, -0.05) is 11.6 Å². The second-order valence-corrected chi connectivity index (χ2v) is 6.88. The quantitative estimate of drug-likeness (QED) is 0.782. The van der Waals surface area contributed by atoms with Gasteiger partial charge in [-0.2, -0.15) is 0 Å². The third-order valence-electron chi connectivity index (χ3n) is 3.25. The number of aryl methyl sites for hydroxylation is 1. The van der Waals surface area contributed by atoms with Crippen molar-refractivity contribution in [2.75, 3.05) is 4.72 Å². The molecule has 1 aromatic heterocycles. The second kappa shape index (κ2) is 5.39. The second-order valence-electron chi connectivity index (χ2n) is 4.79. The van der Waals surface area contributed by atoms with Crippen molar-refractivity contribution in [1.29, 1.82) is 0 Å². The lowest BCUT2D eigenvalue weighted by Crippen LogP contribution is -2.13. The molecule has 120 valence electrons. The molecule has 23 heavy (non-hydrogen) atoms. The van der Waals surface area contributed by atoms with Crippen molar-refractivity contribution in [2.45, 2.75) is 4.90 Å². The maximum absolute atomic E-state index is 13.4. The molecule has 0 saturated carbocycles. The van der Waals surface area contributed by atoms with Gasteiger partial charge in [0.05, 0.1) is 21.1 Å². The molecule has 0 aliphatic heterocycles. The summed E-state index contributed by atoms with van der Waals surface area (Å²) < 4.78 is 46.5. The highest BCUT2D eigenvalue weighted by molar-refractivity contribution is 7.92. The molecule has 0 amide bonds. The average Bonchev–Trinajstić information content (AvgIpc) is 2.77. The normalized spacial score (nSPS) is 11.8.